The third-order valence-electron chi connectivity index (χ3n) is 7.09. The molecule has 2 aromatic heterocycles. The van der Waals surface area contributed by atoms with Crippen LogP contribution in [0.2, 0.25) is 5.02 Å². The molecule has 1 saturated heterocycles. The van der Waals surface area contributed by atoms with E-state index >= 15 is 0 Å². The molecule has 8 heteroatoms. The van der Waals surface area contributed by atoms with E-state index in [9.17, 15) is 9.59 Å². The van der Waals surface area contributed by atoms with Crippen LogP contribution in [0, 0.1) is 6.92 Å². The van der Waals surface area contributed by atoms with Crippen molar-refractivity contribution in [2.24, 2.45) is 0 Å². The molecule has 0 N–H and O–H groups in total. The van der Waals surface area contributed by atoms with Gasteiger partial charge in [-0.05, 0) is 76.9 Å². The van der Waals surface area contributed by atoms with Gasteiger partial charge in [-0.1, -0.05) is 24.2 Å². The molecule has 1 fully saturated rings. The molecule has 0 aliphatic carbocycles. The van der Waals surface area contributed by atoms with Crippen molar-refractivity contribution in [3.63, 3.8) is 0 Å². The minimum absolute atomic E-state index is 0.0602. The fourth-order valence-corrected chi connectivity index (χ4v) is 5.02. The maximum Gasteiger partial charge on any atom is 0.325 e. The summed E-state index contributed by atoms with van der Waals surface area (Å²) in [7, 11) is 1.32. The molecule has 0 bridgehead atoms. The lowest BCUT2D eigenvalue weighted by Gasteiger charge is -2.47. The number of aryl methyl sites for hydroxylation is 1. The number of methoxy groups -OCH3 is 1. The molecule has 0 saturated carbocycles. The predicted molar refractivity (Wildman–Crippen MR) is 148 cm³/mol. The number of rotatable bonds is 5. The fraction of sp³-hybridized carbons (Fsp3) is 0.414. The number of hydrogen-bond donors (Lipinski definition) is 0. The van der Waals surface area contributed by atoms with E-state index in [0.717, 1.165) is 32.7 Å². The summed E-state index contributed by atoms with van der Waals surface area (Å²) in [5.41, 5.74) is 4.31. The Morgan fingerprint density at radius 2 is 1.89 bits per heavy atom. The van der Waals surface area contributed by atoms with Crippen molar-refractivity contribution in [1.82, 2.24) is 19.4 Å². The molecule has 196 valence electrons. The van der Waals surface area contributed by atoms with Crippen LogP contribution in [0.5, 0.6) is 0 Å². The highest BCUT2D eigenvalue weighted by molar-refractivity contribution is 6.31. The van der Waals surface area contributed by atoms with Crippen molar-refractivity contribution in [2.45, 2.75) is 52.6 Å². The van der Waals surface area contributed by atoms with Gasteiger partial charge in [-0.25, -0.2) is 4.98 Å². The fourth-order valence-electron chi connectivity index (χ4n) is 4.90. The van der Waals surface area contributed by atoms with Gasteiger partial charge >= 0.3 is 5.97 Å². The zero-order valence-electron chi connectivity index (χ0n) is 22.7. The molecular formula is C29H35ClN4O3. The van der Waals surface area contributed by atoms with Gasteiger partial charge in [0.15, 0.2) is 0 Å². The van der Waals surface area contributed by atoms with Crippen molar-refractivity contribution in [2.75, 3.05) is 26.7 Å². The van der Waals surface area contributed by atoms with E-state index in [-0.39, 0.29) is 18.0 Å². The minimum Gasteiger partial charge on any atom is -0.468 e. The van der Waals surface area contributed by atoms with E-state index in [2.05, 4.69) is 50.2 Å². The van der Waals surface area contributed by atoms with Crippen LogP contribution in [0.4, 0.5) is 0 Å². The summed E-state index contributed by atoms with van der Waals surface area (Å²) in [6.45, 7) is 17.4. The molecule has 0 spiro atoms. The van der Waals surface area contributed by atoms with Gasteiger partial charge in [-0.15, -0.1) is 0 Å². The summed E-state index contributed by atoms with van der Waals surface area (Å²) in [5, 5.41) is 1.77. The van der Waals surface area contributed by atoms with Crippen LogP contribution in [0.3, 0.4) is 0 Å². The molecule has 0 unspecified atom stereocenters. The molecule has 1 aliphatic rings. The number of fused-ring (bicyclic) bond motifs is 1. The smallest absolute Gasteiger partial charge is 0.325 e. The number of pyridine rings is 1. The molecule has 3 aromatic rings. The molecule has 1 amide bonds. The number of esters is 1. The second-order valence-electron chi connectivity index (χ2n) is 11.1. The van der Waals surface area contributed by atoms with E-state index in [1.165, 1.54) is 12.0 Å². The van der Waals surface area contributed by atoms with Gasteiger partial charge in [0, 0.05) is 40.8 Å². The molecule has 1 aromatic carbocycles. The zero-order chi connectivity index (χ0) is 27.3. The second-order valence-corrected chi connectivity index (χ2v) is 11.5. The lowest BCUT2D eigenvalue weighted by atomic mass is 9.96. The number of hydrogen-bond acceptors (Lipinski definition) is 5. The van der Waals surface area contributed by atoms with Gasteiger partial charge < -0.3 is 19.1 Å². The summed E-state index contributed by atoms with van der Waals surface area (Å²) in [6.07, 6.45) is 2.14. The van der Waals surface area contributed by atoms with Crippen LogP contribution >= 0.6 is 11.6 Å². The number of halogens is 1. The van der Waals surface area contributed by atoms with E-state index in [0.29, 0.717) is 24.5 Å². The normalized spacial score (nSPS) is 15.8. The topological polar surface area (TPSA) is 67.7 Å². The maximum absolute atomic E-state index is 13.3. The van der Waals surface area contributed by atoms with Crippen LogP contribution in [-0.2, 0) is 19.9 Å². The van der Waals surface area contributed by atoms with Gasteiger partial charge in [0.1, 0.15) is 17.7 Å². The molecule has 1 aliphatic heterocycles. The number of amides is 1. The van der Waals surface area contributed by atoms with Gasteiger partial charge in [0.2, 0.25) is 5.91 Å². The first-order valence-corrected chi connectivity index (χ1v) is 12.8. The van der Waals surface area contributed by atoms with Gasteiger partial charge in [0.05, 0.1) is 18.5 Å². The van der Waals surface area contributed by atoms with E-state index in [1.54, 1.807) is 0 Å². The number of benzene rings is 1. The monoisotopic (exact) mass is 522 g/mol. The Hall–Kier alpha value is -3.32. The highest BCUT2D eigenvalue weighted by Gasteiger charge is 2.43. The Kier molecular flexibility index (Phi) is 6.88. The highest BCUT2D eigenvalue weighted by atomic mass is 35.5. The van der Waals surface area contributed by atoms with Crippen molar-refractivity contribution in [3.8, 4) is 11.1 Å². The van der Waals surface area contributed by atoms with Gasteiger partial charge in [0.25, 0.3) is 0 Å². The average Bonchev–Trinajstić information content (AvgIpc) is 3.23. The summed E-state index contributed by atoms with van der Waals surface area (Å²) in [6, 6.07) is 10.1. The summed E-state index contributed by atoms with van der Waals surface area (Å²) in [5.74, 6) is -0.581. The number of carbonyl (C=O) groups excluding carboxylic acids is 2. The highest BCUT2D eigenvalue weighted by Crippen LogP contribution is 2.37. The number of nitrogens with zero attached hydrogens (tertiary/aromatic N) is 4. The number of piperazine rings is 1. The Morgan fingerprint density at radius 3 is 2.51 bits per heavy atom. The summed E-state index contributed by atoms with van der Waals surface area (Å²) >= 11 is 6.29. The quantitative estimate of drug-likeness (QED) is 0.415. The predicted octanol–water partition coefficient (Wildman–Crippen LogP) is 5.49. The van der Waals surface area contributed by atoms with Crippen molar-refractivity contribution < 1.29 is 14.3 Å². The molecule has 4 rings (SSSR count). The van der Waals surface area contributed by atoms with Crippen molar-refractivity contribution in [1.29, 1.82) is 0 Å². The third-order valence-corrected chi connectivity index (χ3v) is 7.52. The van der Waals surface area contributed by atoms with Crippen LogP contribution in [0.1, 0.15) is 45.9 Å². The summed E-state index contributed by atoms with van der Waals surface area (Å²) in [4.78, 5) is 33.6. The molecule has 0 radical (unpaired) electrons. The lowest BCUT2D eigenvalue weighted by Crippen LogP contribution is -2.62. The Morgan fingerprint density at radius 1 is 1.19 bits per heavy atom. The molecule has 0 atom stereocenters. The van der Waals surface area contributed by atoms with Crippen LogP contribution in [-0.4, -0.2) is 63.5 Å². The van der Waals surface area contributed by atoms with Crippen LogP contribution in [0.15, 0.2) is 43.1 Å². The SMILES string of the molecule is C=C(c1ccc2c(-c3ccc(Cl)c(C)c3)cn(C(C)(C)C)c2n1)N1CCN(CC(=O)OC)C(=O)C1(C)C. The van der Waals surface area contributed by atoms with Crippen LogP contribution in [0.25, 0.3) is 27.9 Å². The number of aromatic nitrogens is 2. The zero-order valence-corrected chi connectivity index (χ0v) is 23.4. The molecular weight excluding hydrogens is 488 g/mol. The van der Waals surface area contributed by atoms with E-state index in [4.69, 9.17) is 21.3 Å². The van der Waals surface area contributed by atoms with E-state index < -0.39 is 11.5 Å². The summed E-state index contributed by atoms with van der Waals surface area (Å²) < 4.78 is 6.94. The first-order valence-electron chi connectivity index (χ1n) is 12.4. The molecule has 3 heterocycles. The van der Waals surface area contributed by atoms with Crippen molar-refractivity contribution >= 4 is 40.2 Å². The third kappa shape index (κ3) is 4.85. The number of carbonyl (C=O) groups is 2. The first kappa shape index (κ1) is 26.7. The van der Waals surface area contributed by atoms with Gasteiger partial charge in [-0.2, -0.15) is 0 Å². The second kappa shape index (κ2) is 9.53. The average molecular weight is 523 g/mol. The van der Waals surface area contributed by atoms with E-state index in [1.807, 2.05) is 43.9 Å². The van der Waals surface area contributed by atoms with Crippen LogP contribution < -0.4 is 0 Å². The maximum atomic E-state index is 13.3. The van der Waals surface area contributed by atoms with Gasteiger partial charge in [-0.3, -0.25) is 9.59 Å². The Balaban J connectivity index is 1.74. The number of ether oxygens (including phenoxy) is 1. The Bertz CT molecular complexity index is 1400. The first-order chi connectivity index (χ1) is 17.3. The molecule has 37 heavy (non-hydrogen) atoms. The standard InChI is InChI=1S/C29H35ClN4O3/c1-18-15-20(9-11-23(18)30)22-16-34(28(3,4)5)26-21(22)10-12-24(31-26)19(2)33-14-13-32(17-25(35)37-8)27(36)29(33,6)7/h9-12,15-16H,2,13-14,17H2,1,3-8H3. The Labute approximate surface area is 223 Å². The largest absolute Gasteiger partial charge is 0.468 e. The minimum atomic E-state index is -0.891. The lowest BCUT2D eigenvalue weighted by molar-refractivity contribution is -0.154. The molecule has 7 nitrogen and oxygen atoms in total. The van der Waals surface area contributed by atoms with Crippen molar-refractivity contribution in [3.05, 3.63) is 59.4 Å².